The van der Waals surface area contributed by atoms with Crippen LogP contribution < -0.4 is 4.90 Å². The van der Waals surface area contributed by atoms with Gasteiger partial charge in [0.1, 0.15) is 0 Å². The highest BCUT2D eigenvalue weighted by atomic mass is 16.5. The molecule has 2 aliphatic heterocycles. The van der Waals surface area contributed by atoms with Crippen molar-refractivity contribution in [2.45, 2.75) is 44.8 Å². The molecule has 2 heterocycles. The molecule has 3 nitrogen and oxygen atoms in total. The van der Waals surface area contributed by atoms with Crippen molar-refractivity contribution in [2.24, 2.45) is 0 Å². The smallest absolute Gasteiger partial charge is 0.166 e. The molecule has 1 saturated heterocycles. The number of rotatable bonds is 2. The number of hydrogen-bond acceptors (Lipinski definition) is 3. The molecule has 0 saturated carbocycles. The second-order valence-corrected chi connectivity index (χ2v) is 6.17. The van der Waals surface area contributed by atoms with Gasteiger partial charge in [-0.05, 0) is 38.8 Å². The molecule has 19 heavy (non-hydrogen) atoms. The molecule has 0 amide bonds. The summed E-state index contributed by atoms with van der Waals surface area (Å²) in [6.45, 7) is 6.02. The van der Waals surface area contributed by atoms with Gasteiger partial charge in [-0.25, -0.2) is 0 Å². The van der Waals surface area contributed by atoms with Crippen LogP contribution in [0.4, 0.5) is 5.69 Å². The number of hydrogen-bond donors (Lipinski definition) is 0. The summed E-state index contributed by atoms with van der Waals surface area (Å²) in [4.78, 5) is 14.2. The van der Waals surface area contributed by atoms with Crippen LogP contribution in [-0.4, -0.2) is 30.6 Å². The predicted molar refractivity (Wildman–Crippen MR) is 75.8 cm³/mol. The van der Waals surface area contributed by atoms with Crippen molar-refractivity contribution in [3.8, 4) is 0 Å². The Morgan fingerprint density at radius 3 is 2.89 bits per heavy atom. The number of fused-ring (bicyclic) bond motifs is 1. The number of anilines is 1. The Kier molecular flexibility index (Phi) is 3.09. The molecule has 1 unspecified atom stereocenters. The van der Waals surface area contributed by atoms with Crippen LogP contribution >= 0.6 is 0 Å². The lowest BCUT2D eigenvalue weighted by atomic mass is 9.99. The van der Waals surface area contributed by atoms with Crippen molar-refractivity contribution in [2.75, 3.05) is 18.0 Å². The zero-order chi connectivity index (χ0) is 13.5. The normalized spacial score (nSPS) is 25.5. The number of nitrogens with zero attached hydrogens (tertiary/aromatic N) is 1. The Balaban J connectivity index is 1.76. The maximum Gasteiger partial charge on any atom is 0.166 e. The highest BCUT2D eigenvalue weighted by Crippen LogP contribution is 2.32. The predicted octanol–water partition coefficient (Wildman–Crippen LogP) is 3.04. The minimum Gasteiger partial charge on any atom is -0.371 e. The molecule has 0 aliphatic carbocycles. The molecular formula is C16H21NO2. The first-order valence-electron chi connectivity index (χ1n) is 7.10. The van der Waals surface area contributed by atoms with Gasteiger partial charge in [0.2, 0.25) is 0 Å². The average Bonchev–Trinajstić information content (AvgIpc) is 2.73. The highest BCUT2D eigenvalue weighted by molar-refractivity contribution is 6.03. The summed E-state index contributed by atoms with van der Waals surface area (Å²) in [5, 5.41) is 0. The van der Waals surface area contributed by atoms with E-state index >= 15 is 0 Å². The van der Waals surface area contributed by atoms with E-state index in [0.717, 1.165) is 37.2 Å². The lowest BCUT2D eigenvalue weighted by molar-refractivity contribution is -0.0116. The van der Waals surface area contributed by atoms with Gasteiger partial charge in [-0.15, -0.1) is 0 Å². The van der Waals surface area contributed by atoms with Crippen molar-refractivity contribution >= 4 is 11.5 Å². The number of carbonyl (C=O) groups is 1. The van der Waals surface area contributed by atoms with Crippen molar-refractivity contribution in [1.82, 2.24) is 0 Å². The van der Waals surface area contributed by atoms with E-state index in [9.17, 15) is 4.79 Å². The zero-order valence-corrected chi connectivity index (χ0v) is 11.7. The Hall–Kier alpha value is -1.35. The Labute approximate surface area is 114 Å². The molecule has 3 rings (SSSR count). The van der Waals surface area contributed by atoms with Crippen molar-refractivity contribution in [3.63, 3.8) is 0 Å². The molecule has 1 aromatic carbocycles. The monoisotopic (exact) mass is 259 g/mol. The molecular weight excluding hydrogens is 238 g/mol. The zero-order valence-electron chi connectivity index (χ0n) is 11.7. The standard InChI is InChI=1S/C16H21NO2/c1-16(2)9-7-12(19-16)11-17-10-8-15(18)13-5-3-4-6-14(13)17/h3-6,12H,7-11H2,1-2H3. The van der Waals surface area contributed by atoms with Gasteiger partial charge in [0.15, 0.2) is 5.78 Å². The molecule has 1 atom stereocenters. The van der Waals surface area contributed by atoms with Crippen molar-refractivity contribution in [1.29, 1.82) is 0 Å². The van der Waals surface area contributed by atoms with Gasteiger partial charge in [0.05, 0.1) is 11.7 Å². The van der Waals surface area contributed by atoms with Gasteiger partial charge in [-0.1, -0.05) is 12.1 Å². The molecule has 3 heteroatoms. The fraction of sp³-hybridized carbons (Fsp3) is 0.562. The third-order valence-electron chi connectivity index (χ3n) is 4.13. The first-order chi connectivity index (χ1) is 9.05. The van der Waals surface area contributed by atoms with Gasteiger partial charge in [-0.2, -0.15) is 0 Å². The topological polar surface area (TPSA) is 29.5 Å². The summed E-state index contributed by atoms with van der Waals surface area (Å²) < 4.78 is 6.07. The number of para-hydroxylation sites is 1. The lowest BCUT2D eigenvalue weighted by Crippen LogP contribution is -2.38. The summed E-state index contributed by atoms with van der Waals surface area (Å²) in [5.41, 5.74) is 1.95. The number of ketones is 1. The average molecular weight is 259 g/mol. The van der Waals surface area contributed by atoms with Gasteiger partial charge < -0.3 is 9.64 Å². The number of carbonyl (C=O) groups excluding carboxylic acids is 1. The van der Waals surface area contributed by atoms with Gasteiger partial charge in [-0.3, -0.25) is 4.79 Å². The molecule has 102 valence electrons. The molecule has 2 aliphatic rings. The van der Waals surface area contributed by atoms with E-state index in [2.05, 4.69) is 18.7 Å². The van der Waals surface area contributed by atoms with Crippen LogP contribution in [0.25, 0.3) is 0 Å². The van der Waals surface area contributed by atoms with Crippen LogP contribution in [0.15, 0.2) is 24.3 Å². The molecule has 0 radical (unpaired) electrons. The van der Waals surface area contributed by atoms with E-state index in [1.165, 1.54) is 0 Å². The van der Waals surface area contributed by atoms with E-state index in [-0.39, 0.29) is 17.5 Å². The molecule has 0 aromatic heterocycles. The first-order valence-corrected chi connectivity index (χ1v) is 7.10. The van der Waals surface area contributed by atoms with E-state index in [1.54, 1.807) is 0 Å². The van der Waals surface area contributed by atoms with Crippen LogP contribution in [0.1, 0.15) is 43.5 Å². The summed E-state index contributed by atoms with van der Waals surface area (Å²) in [5.74, 6) is 0.263. The van der Waals surface area contributed by atoms with Crippen LogP contribution in [0, 0.1) is 0 Å². The minimum absolute atomic E-state index is 0.00971. The van der Waals surface area contributed by atoms with E-state index in [4.69, 9.17) is 4.74 Å². The first kappa shape index (κ1) is 12.7. The summed E-state index contributed by atoms with van der Waals surface area (Å²) >= 11 is 0. The molecule has 0 spiro atoms. The number of ether oxygens (including phenoxy) is 1. The van der Waals surface area contributed by atoms with Gasteiger partial charge in [0, 0.05) is 30.8 Å². The third-order valence-corrected chi connectivity index (χ3v) is 4.13. The largest absolute Gasteiger partial charge is 0.371 e. The second-order valence-electron chi connectivity index (χ2n) is 6.17. The van der Waals surface area contributed by atoms with Crippen LogP contribution in [0.5, 0.6) is 0 Å². The van der Waals surface area contributed by atoms with Crippen LogP contribution in [-0.2, 0) is 4.74 Å². The van der Waals surface area contributed by atoms with E-state index in [0.29, 0.717) is 6.42 Å². The molecule has 1 fully saturated rings. The minimum atomic E-state index is 0.00971. The summed E-state index contributed by atoms with van der Waals surface area (Å²) in [6, 6.07) is 7.93. The molecule has 0 N–H and O–H groups in total. The third kappa shape index (κ3) is 2.52. The molecule has 1 aromatic rings. The van der Waals surface area contributed by atoms with Crippen molar-refractivity contribution in [3.05, 3.63) is 29.8 Å². The van der Waals surface area contributed by atoms with Gasteiger partial charge >= 0.3 is 0 Å². The SMILES string of the molecule is CC1(C)CCC(CN2CCC(=O)c3ccccc32)O1. The Morgan fingerprint density at radius 2 is 2.16 bits per heavy atom. The maximum atomic E-state index is 11.9. The van der Waals surface area contributed by atoms with Crippen molar-refractivity contribution < 1.29 is 9.53 Å². The Bertz CT molecular complexity index is 495. The maximum absolute atomic E-state index is 11.9. The van der Waals surface area contributed by atoms with Crippen LogP contribution in [0.2, 0.25) is 0 Å². The fourth-order valence-electron chi connectivity index (χ4n) is 3.12. The second kappa shape index (κ2) is 4.64. The van der Waals surface area contributed by atoms with E-state index < -0.39 is 0 Å². The van der Waals surface area contributed by atoms with Gasteiger partial charge in [0.25, 0.3) is 0 Å². The fourth-order valence-corrected chi connectivity index (χ4v) is 3.12. The van der Waals surface area contributed by atoms with Crippen LogP contribution in [0.3, 0.4) is 0 Å². The number of Topliss-reactive ketones (excluding diaryl/α,β-unsaturated/α-hetero) is 1. The lowest BCUT2D eigenvalue weighted by Gasteiger charge is -2.33. The highest BCUT2D eigenvalue weighted by Gasteiger charge is 2.34. The summed E-state index contributed by atoms with van der Waals surface area (Å²) in [7, 11) is 0. The Morgan fingerprint density at radius 1 is 1.37 bits per heavy atom. The summed E-state index contributed by atoms with van der Waals surface area (Å²) in [6.07, 6.45) is 3.13. The molecule has 0 bridgehead atoms. The quantitative estimate of drug-likeness (QED) is 0.817. The number of benzene rings is 1. The van der Waals surface area contributed by atoms with E-state index in [1.807, 2.05) is 24.3 Å².